The molecule has 1 aliphatic heterocycles. The van der Waals surface area contributed by atoms with E-state index < -0.39 is 0 Å². The van der Waals surface area contributed by atoms with Crippen LogP contribution in [0.1, 0.15) is 37.0 Å². The average molecular weight is 376 g/mol. The summed E-state index contributed by atoms with van der Waals surface area (Å²) < 4.78 is 11.1. The molecule has 2 aromatic rings. The van der Waals surface area contributed by atoms with Crippen molar-refractivity contribution in [1.29, 1.82) is 0 Å². The van der Waals surface area contributed by atoms with E-state index in [9.17, 15) is 4.79 Å². The Hall–Kier alpha value is -1.78. The molecule has 140 valence electrons. The highest BCUT2D eigenvalue weighted by molar-refractivity contribution is 6.30. The minimum Gasteiger partial charge on any atom is -0.469 e. The number of ether oxygens (including phenoxy) is 1. The summed E-state index contributed by atoms with van der Waals surface area (Å²) in [7, 11) is 0. The van der Waals surface area contributed by atoms with Crippen LogP contribution in [0.15, 0.2) is 47.1 Å². The summed E-state index contributed by atoms with van der Waals surface area (Å²) in [4.78, 5) is 15.3. The maximum Gasteiger partial charge on any atom is 0.230 e. The highest BCUT2D eigenvalue weighted by atomic mass is 35.5. The summed E-state index contributed by atoms with van der Waals surface area (Å²) in [6.07, 6.45) is 4.35. The van der Waals surface area contributed by atoms with Gasteiger partial charge < -0.3 is 14.1 Å². The molecule has 0 saturated carbocycles. The molecule has 1 aromatic carbocycles. The van der Waals surface area contributed by atoms with Gasteiger partial charge in [-0.2, -0.15) is 0 Å². The number of hydrogen-bond donors (Lipinski definition) is 0. The molecule has 3 rings (SSSR count). The average Bonchev–Trinajstić information content (AvgIpc) is 3.18. The summed E-state index contributed by atoms with van der Waals surface area (Å²) in [5, 5.41) is 0.674. The highest BCUT2D eigenvalue weighted by Crippen LogP contribution is 2.28. The molecule has 0 spiro atoms. The van der Waals surface area contributed by atoms with Gasteiger partial charge >= 0.3 is 0 Å². The van der Waals surface area contributed by atoms with Crippen molar-refractivity contribution in [3.63, 3.8) is 0 Å². The Labute approximate surface area is 160 Å². The van der Waals surface area contributed by atoms with E-state index in [1.807, 2.05) is 48.2 Å². The van der Waals surface area contributed by atoms with Crippen LogP contribution < -0.4 is 0 Å². The van der Waals surface area contributed by atoms with Gasteiger partial charge in [0.2, 0.25) is 5.91 Å². The quantitative estimate of drug-likeness (QED) is 0.713. The third-order valence-electron chi connectivity index (χ3n) is 4.94. The molecule has 26 heavy (non-hydrogen) atoms. The van der Waals surface area contributed by atoms with Crippen LogP contribution >= 0.6 is 11.6 Å². The zero-order chi connectivity index (χ0) is 18.4. The number of piperidine rings is 1. The van der Waals surface area contributed by atoms with Crippen molar-refractivity contribution in [3.05, 3.63) is 59.0 Å². The summed E-state index contributed by atoms with van der Waals surface area (Å²) in [5.74, 6) is 1.14. The van der Waals surface area contributed by atoms with Crippen molar-refractivity contribution in [3.8, 4) is 0 Å². The first-order valence-corrected chi connectivity index (χ1v) is 9.69. The lowest BCUT2D eigenvalue weighted by atomic mass is 9.91. The number of halogens is 1. The molecule has 4 nitrogen and oxygen atoms in total. The van der Waals surface area contributed by atoms with Crippen LogP contribution in [0.2, 0.25) is 5.02 Å². The number of furan rings is 1. The lowest BCUT2D eigenvalue weighted by molar-refractivity contribution is -0.135. The van der Waals surface area contributed by atoms with E-state index in [0.717, 1.165) is 50.5 Å². The molecule has 2 heterocycles. The predicted octanol–water partition coefficient (Wildman–Crippen LogP) is 4.53. The molecule has 0 N–H and O–H groups in total. The summed E-state index contributed by atoms with van der Waals surface area (Å²) in [5.41, 5.74) is 0.975. The number of amides is 1. The Balaban J connectivity index is 1.76. The second-order valence-corrected chi connectivity index (χ2v) is 7.28. The zero-order valence-corrected chi connectivity index (χ0v) is 16.0. The van der Waals surface area contributed by atoms with Crippen molar-refractivity contribution >= 4 is 17.5 Å². The molecule has 0 aliphatic carbocycles. The highest BCUT2D eigenvalue weighted by Gasteiger charge is 2.30. The van der Waals surface area contributed by atoms with Gasteiger partial charge in [0.15, 0.2) is 0 Å². The van der Waals surface area contributed by atoms with Gasteiger partial charge in [-0.25, -0.2) is 0 Å². The van der Waals surface area contributed by atoms with Gasteiger partial charge in [-0.3, -0.25) is 4.79 Å². The van der Waals surface area contributed by atoms with Crippen LogP contribution in [0.5, 0.6) is 0 Å². The molecule has 2 atom stereocenters. The fraction of sp³-hybridized carbons (Fsp3) is 0.476. The molecule has 1 amide bonds. The van der Waals surface area contributed by atoms with Crippen molar-refractivity contribution < 1.29 is 13.9 Å². The van der Waals surface area contributed by atoms with E-state index in [1.165, 1.54) is 0 Å². The maximum absolute atomic E-state index is 13.3. The largest absolute Gasteiger partial charge is 0.469 e. The first kappa shape index (κ1) is 19.0. The lowest BCUT2D eigenvalue weighted by Crippen LogP contribution is -2.43. The molecular weight excluding hydrogens is 350 g/mol. The van der Waals surface area contributed by atoms with Gasteiger partial charge in [-0.15, -0.1) is 0 Å². The molecular formula is C21H26ClNO3. The van der Waals surface area contributed by atoms with Crippen LogP contribution in [-0.4, -0.2) is 37.1 Å². The summed E-state index contributed by atoms with van der Waals surface area (Å²) >= 11 is 6.03. The Morgan fingerprint density at radius 1 is 1.35 bits per heavy atom. The van der Waals surface area contributed by atoms with E-state index in [2.05, 4.69) is 0 Å². The summed E-state index contributed by atoms with van der Waals surface area (Å²) in [6.45, 7) is 5.02. The fourth-order valence-corrected chi connectivity index (χ4v) is 3.70. The van der Waals surface area contributed by atoms with Crippen LogP contribution in [0, 0.1) is 5.92 Å². The molecule has 1 fully saturated rings. The summed E-state index contributed by atoms with van der Waals surface area (Å²) in [6, 6.07) is 11.3. The van der Waals surface area contributed by atoms with Crippen LogP contribution in [0.3, 0.4) is 0 Å². The van der Waals surface area contributed by atoms with Crippen molar-refractivity contribution in [2.75, 3.05) is 26.3 Å². The first-order valence-electron chi connectivity index (χ1n) is 9.31. The second-order valence-electron chi connectivity index (χ2n) is 6.84. The number of rotatable bonds is 7. The molecule has 1 aliphatic rings. The van der Waals surface area contributed by atoms with E-state index in [4.69, 9.17) is 20.8 Å². The predicted molar refractivity (Wildman–Crippen MR) is 102 cm³/mol. The van der Waals surface area contributed by atoms with Crippen LogP contribution in [0.25, 0.3) is 0 Å². The van der Waals surface area contributed by atoms with E-state index >= 15 is 0 Å². The number of nitrogens with zero attached hydrogens (tertiary/aromatic N) is 1. The van der Waals surface area contributed by atoms with Crippen molar-refractivity contribution in [1.82, 2.24) is 4.90 Å². The van der Waals surface area contributed by atoms with Crippen molar-refractivity contribution in [2.45, 2.75) is 32.1 Å². The van der Waals surface area contributed by atoms with Gasteiger partial charge in [0.1, 0.15) is 5.76 Å². The second kappa shape index (κ2) is 9.24. The number of hydrogen-bond acceptors (Lipinski definition) is 3. The minimum absolute atomic E-state index is 0.157. The maximum atomic E-state index is 13.3. The molecule has 1 aromatic heterocycles. The number of benzene rings is 1. The standard InChI is InChI=1S/C21H26ClNO3/c1-2-25-15-16-5-3-11-23(14-16)21(24)20(13-19-6-4-12-26-19)17-7-9-18(22)10-8-17/h4,6-10,12,16,20H,2-3,5,11,13-15H2,1H3. The third-order valence-corrected chi connectivity index (χ3v) is 5.20. The van der Waals surface area contributed by atoms with Gasteiger partial charge in [-0.1, -0.05) is 23.7 Å². The Morgan fingerprint density at radius 3 is 2.85 bits per heavy atom. The zero-order valence-electron chi connectivity index (χ0n) is 15.2. The monoisotopic (exact) mass is 375 g/mol. The SMILES string of the molecule is CCOCC1CCCN(C(=O)C(Cc2ccco2)c2ccc(Cl)cc2)C1. The lowest BCUT2D eigenvalue weighted by Gasteiger charge is -2.35. The van der Waals surface area contributed by atoms with Crippen molar-refractivity contribution in [2.24, 2.45) is 5.92 Å². The molecule has 5 heteroatoms. The van der Waals surface area contributed by atoms with E-state index in [-0.39, 0.29) is 11.8 Å². The third kappa shape index (κ3) is 4.89. The van der Waals surface area contributed by atoms with Crippen LogP contribution in [-0.2, 0) is 16.0 Å². The molecule has 2 unspecified atom stereocenters. The fourth-order valence-electron chi connectivity index (χ4n) is 3.58. The van der Waals surface area contributed by atoms with Gasteiger partial charge in [-0.05, 0) is 55.5 Å². The van der Waals surface area contributed by atoms with Crippen LogP contribution in [0.4, 0.5) is 0 Å². The minimum atomic E-state index is -0.260. The molecule has 0 radical (unpaired) electrons. The van der Waals surface area contributed by atoms with Gasteiger partial charge in [0, 0.05) is 31.1 Å². The first-order chi connectivity index (χ1) is 12.7. The molecule has 1 saturated heterocycles. The topological polar surface area (TPSA) is 42.7 Å². The van der Waals surface area contributed by atoms with Gasteiger partial charge in [0.25, 0.3) is 0 Å². The Kier molecular flexibility index (Phi) is 6.75. The van der Waals surface area contributed by atoms with Gasteiger partial charge in [0.05, 0.1) is 18.8 Å². The van der Waals surface area contributed by atoms with E-state index in [0.29, 0.717) is 17.4 Å². The van der Waals surface area contributed by atoms with E-state index in [1.54, 1.807) is 6.26 Å². The Bertz CT molecular complexity index is 684. The number of likely N-dealkylation sites (tertiary alicyclic amines) is 1. The smallest absolute Gasteiger partial charge is 0.230 e. The molecule has 0 bridgehead atoms. The normalized spacial score (nSPS) is 18.7. The Morgan fingerprint density at radius 2 is 2.15 bits per heavy atom. The number of carbonyl (C=O) groups excluding carboxylic acids is 1. The number of carbonyl (C=O) groups is 1.